The van der Waals surface area contributed by atoms with E-state index in [2.05, 4.69) is 14.9 Å². The van der Waals surface area contributed by atoms with Gasteiger partial charge in [-0.3, -0.25) is 0 Å². The molecule has 1 aromatic heterocycles. The van der Waals surface area contributed by atoms with Crippen LogP contribution in [0.4, 0.5) is 0 Å². The van der Waals surface area contributed by atoms with Crippen LogP contribution in [0.3, 0.4) is 0 Å². The van der Waals surface area contributed by atoms with Gasteiger partial charge in [0.15, 0.2) is 0 Å². The molecule has 0 radical (unpaired) electrons. The molecule has 0 fully saturated rings. The van der Waals surface area contributed by atoms with Crippen molar-refractivity contribution in [3.05, 3.63) is 28.2 Å². The molecule has 2 N–H and O–H groups in total. The molecule has 17 heavy (non-hydrogen) atoms. The number of methoxy groups -OCH3 is 1. The number of imidazole rings is 1. The van der Waals surface area contributed by atoms with Crippen molar-refractivity contribution in [1.82, 2.24) is 14.9 Å². The number of fused-ring (bicyclic) bond motifs is 1. The third-order valence-electron chi connectivity index (χ3n) is 2.78. The molecule has 0 aliphatic rings. The van der Waals surface area contributed by atoms with E-state index in [1.54, 1.807) is 7.11 Å². The molecule has 0 aliphatic carbocycles. The van der Waals surface area contributed by atoms with Crippen LogP contribution in [0.5, 0.6) is 5.75 Å². The molecule has 0 amide bonds. The summed E-state index contributed by atoms with van der Waals surface area (Å²) in [5, 5.41) is 0. The lowest BCUT2D eigenvalue weighted by Gasteiger charge is -2.10. The van der Waals surface area contributed by atoms with Crippen molar-refractivity contribution in [2.45, 2.75) is 6.42 Å². The fourth-order valence-electron chi connectivity index (χ4n) is 1.87. The summed E-state index contributed by atoms with van der Waals surface area (Å²) in [4.78, 5) is 19.1. The highest BCUT2D eigenvalue weighted by atomic mass is 16.5. The van der Waals surface area contributed by atoms with Crippen molar-refractivity contribution >= 4 is 11.0 Å². The summed E-state index contributed by atoms with van der Waals surface area (Å²) in [5.74, 6) is 0.687. The van der Waals surface area contributed by atoms with Crippen LogP contribution < -0.4 is 10.4 Å². The number of ether oxygens (including phenoxy) is 1. The SMILES string of the molecule is COc1ccc(CCN(C)C)c2[nH]c(=O)[nH]c12. The Labute approximate surface area is 99.4 Å². The minimum Gasteiger partial charge on any atom is -0.494 e. The van der Waals surface area contributed by atoms with Crippen LogP contribution in [0.1, 0.15) is 5.56 Å². The monoisotopic (exact) mass is 235 g/mol. The van der Waals surface area contributed by atoms with E-state index < -0.39 is 0 Å². The second-order valence-corrected chi connectivity index (χ2v) is 4.31. The first-order valence-electron chi connectivity index (χ1n) is 5.54. The summed E-state index contributed by atoms with van der Waals surface area (Å²) in [6.45, 7) is 0.939. The van der Waals surface area contributed by atoms with Crippen molar-refractivity contribution < 1.29 is 4.74 Å². The van der Waals surface area contributed by atoms with Crippen molar-refractivity contribution in [3.8, 4) is 5.75 Å². The van der Waals surface area contributed by atoms with E-state index in [4.69, 9.17) is 4.74 Å². The number of nitrogens with zero attached hydrogens (tertiary/aromatic N) is 1. The normalized spacial score (nSPS) is 11.3. The Morgan fingerprint density at radius 3 is 2.59 bits per heavy atom. The topological polar surface area (TPSA) is 61.1 Å². The Morgan fingerprint density at radius 1 is 1.24 bits per heavy atom. The first kappa shape index (κ1) is 11.7. The Morgan fingerprint density at radius 2 is 1.94 bits per heavy atom. The highest BCUT2D eigenvalue weighted by Crippen LogP contribution is 2.24. The summed E-state index contributed by atoms with van der Waals surface area (Å²) in [6, 6.07) is 3.88. The zero-order valence-corrected chi connectivity index (χ0v) is 10.3. The summed E-state index contributed by atoms with van der Waals surface area (Å²) in [5.41, 5.74) is 2.51. The largest absolute Gasteiger partial charge is 0.494 e. The van der Waals surface area contributed by atoms with Gasteiger partial charge in [-0.2, -0.15) is 0 Å². The molecule has 2 aromatic rings. The molecule has 0 unspecified atom stereocenters. The predicted octanol–water partition coefficient (Wildman–Crippen LogP) is 0.969. The smallest absolute Gasteiger partial charge is 0.323 e. The number of H-pyrrole nitrogens is 2. The number of benzene rings is 1. The van der Waals surface area contributed by atoms with Gasteiger partial charge in [0.2, 0.25) is 0 Å². The van der Waals surface area contributed by atoms with Gasteiger partial charge < -0.3 is 19.6 Å². The van der Waals surface area contributed by atoms with Crippen molar-refractivity contribution in [3.63, 3.8) is 0 Å². The number of aromatic amines is 2. The van der Waals surface area contributed by atoms with Crippen molar-refractivity contribution in [2.75, 3.05) is 27.7 Å². The van der Waals surface area contributed by atoms with Gasteiger partial charge in [-0.05, 0) is 32.1 Å². The van der Waals surface area contributed by atoms with E-state index in [1.165, 1.54) is 0 Å². The molecule has 1 aromatic carbocycles. The third kappa shape index (κ3) is 2.34. The van der Waals surface area contributed by atoms with Crippen molar-refractivity contribution in [2.24, 2.45) is 0 Å². The highest BCUT2D eigenvalue weighted by Gasteiger charge is 2.09. The first-order valence-corrected chi connectivity index (χ1v) is 5.54. The van der Waals surface area contributed by atoms with E-state index in [9.17, 15) is 4.79 Å². The van der Waals surface area contributed by atoms with Gasteiger partial charge in [-0.25, -0.2) is 4.79 Å². The van der Waals surface area contributed by atoms with Crippen LogP contribution in [0, 0.1) is 0 Å². The zero-order valence-electron chi connectivity index (χ0n) is 10.3. The number of rotatable bonds is 4. The predicted molar refractivity (Wildman–Crippen MR) is 67.7 cm³/mol. The van der Waals surface area contributed by atoms with E-state index in [0.29, 0.717) is 5.75 Å². The summed E-state index contributed by atoms with van der Waals surface area (Å²) >= 11 is 0. The molecular formula is C12H17N3O2. The van der Waals surface area contributed by atoms with Gasteiger partial charge in [0, 0.05) is 6.54 Å². The second kappa shape index (κ2) is 4.63. The number of aromatic nitrogens is 2. The maximum Gasteiger partial charge on any atom is 0.323 e. The molecule has 0 spiro atoms. The standard InChI is InChI=1S/C12H17N3O2/c1-15(2)7-6-8-4-5-9(17-3)11-10(8)13-12(16)14-11/h4-5H,6-7H2,1-3H3,(H2,13,14,16). The van der Waals surface area contributed by atoms with Gasteiger partial charge in [-0.15, -0.1) is 0 Å². The molecule has 0 bridgehead atoms. The Balaban J connectivity index is 2.47. The zero-order chi connectivity index (χ0) is 12.4. The molecule has 5 heteroatoms. The van der Waals surface area contributed by atoms with Gasteiger partial charge in [0.25, 0.3) is 0 Å². The third-order valence-corrected chi connectivity index (χ3v) is 2.78. The Bertz CT molecular complexity index is 569. The molecule has 2 rings (SSSR count). The number of nitrogens with one attached hydrogen (secondary N) is 2. The number of hydrogen-bond acceptors (Lipinski definition) is 3. The Kier molecular flexibility index (Phi) is 3.19. The summed E-state index contributed by atoms with van der Waals surface area (Å²) < 4.78 is 5.22. The number of hydrogen-bond donors (Lipinski definition) is 2. The molecule has 0 saturated heterocycles. The maximum atomic E-state index is 11.4. The minimum absolute atomic E-state index is 0.199. The van der Waals surface area contributed by atoms with E-state index in [-0.39, 0.29) is 5.69 Å². The van der Waals surface area contributed by atoms with Crippen molar-refractivity contribution in [1.29, 1.82) is 0 Å². The van der Waals surface area contributed by atoms with E-state index in [0.717, 1.165) is 29.6 Å². The highest BCUT2D eigenvalue weighted by molar-refractivity contribution is 5.84. The van der Waals surface area contributed by atoms with E-state index >= 15 is 0 Å². The summed E-state index contributed by atoms with van der Waals surface area (Å²) in [7, 11) is 5.65. The average molecular weight is 235 g/mol. The second-order valence-electron chi connectivity index (χ2n) is 4.31. The van der Waals surface area contributed by atoms with Crippen LogP contribution in [0.2, 0.25) is 0 Å². The first-order chi connectivity index (χ1) is 8.11. The minimum atomic E-state index is -0.199. The van der Waals surface area contributed by atoms with Crippen LogP contribution in [0.25, 0.3) is 11.0 Å². The van der Waals surface area contributed by atoms with Gasteiger partial charge in [0.05, 0.1) is 12.6 Å². The Hall–Kier alpha value is -1.75. The fourth-order valence-corrected chi connectivity index (χ4v) is 1.87. The van der Waals surface area contributed by atoms with Crippen LogP contribution >= 0.6 is 0 Å². The van der Waals surface area contributed by atoms with Crippen LogP contribution in [0.15, 0.2) is 16.9 Å². The van der Waals surface area contributed by atoms with Gasteiger partial charge >= 0.3 is 5.69 Å². The maximum absolute atomic E-state index is 11.4. The van der Waals surface area contributed by atoms with E-state index in [1.807, 2.05) is 26.2 Å². The van der Waals surface area contributed by atoms with Gasteiger partial charge in [0.1, 0.15) is 11.3 Å². The lowest BCUT2D eigenvalue weighted by Crippen LogP contribution is -2.15. The fraction of sp³-hybridized carbons (Fsp3) is 0.417. The molecule has 0 aliphatic heterocycles. The lowest BCUT2D eigenvalue weighted by molar-refractivity contribution is 0.412. The molecule has 0 saturated carbocycles. The van der Waals surface area contributed by atoms with Gasteiger partial charge in [-0.1, -0.05) is 6.07 Å². The summed E-state index contributed by atoms with van der Waals surface area (Å²) in [6.07, 6.45) is 0.890. The quantitative estimate of drug-likeness (QED) is 0.830. The average Bonchev–Trinajstić information content (AvgIpc) is 2.67. The van der Waals surface area contributed by atoms with Crippen LogP contribution in [-0.4, -0.2) is 42.6 Å². The van der Waals surface area contributed by atoms with Crippen LogP contribution in [-0.2, 0) is 6.42 Å². The lowest BCUT2D eigenvalue weighted by atomic mass is 10.1. The molecule has 1 heterocycles. The molecule has 5 nitrogen and oxygen atoms in total. The molecular weight excluding hydrogens is 218 g/mol. The molecule has 0 atom stereocenters. The number of likely N-dealkylation sites (N-methyl/N-ethyl adjacent to an activating group) is 1. The molecule has 92 valence electrons.